The molecule has 126 valence electrons. The Balaban J connectivity index is 1.78. The van der Waals surface area contributed by atoms with Crippen LogP contribution in [0.5, 0.6) is 5.75 Å². The molecular formula is C18H17F2NO3. The van der Waals surface area contributed by atoms with E-state index in [0.29, 0.717) is 5.75 Å². The first-order valence-corrected chi connectivity index (χ1v) is 7.41. The topological polar surface area (TPSA) is 55.4 Å². The first-order chi connectivity index (χ1) is 11.5. The monoisotopic (exact) mass is 333 g/mol. The Morgan fingerprint density at radius 2 is 1.71 bits per heavy atom. The van der Waals surface area contributed by atoms with Crippen LogP contribution in [0.2, 0.25) is 0 Å². The average Bonchev–Trinajstić information content (AvgIpc) is 2.54. The molecule has 2 aromatic carbocycles. The maximum atomic E-state index is 13.4. The number of amides is 1. The van der Waals surface area contributed by atoms with Crippen LogP contribution in [0.25, 0.3) is 0 Å². The third-order valence-corrected chi connectivity index (χ3v) is 3.25. The number of carbonyl (C=O) groups is 2. The molecule has 2 aromatic rings. The van der Waals surface area contributed by atoms with Crippen molar-refractivity contribution in [2.75, 3.05) is 11.9 Å². The molecule has 1 N–H and O–H groups in total. The van der Waals surface area contributed by atoms with Gasteiger partial charge in [0.2, 0.25) is 5.91 Å². The van der Waals surface area contributed by atoms with E-state index in [2.05, 4.69) is 5.32 Å². The van der Waals surface area contributed by atoms with Crippen molar-refractivity contribution in [1.29, 1.82) is 0 Å². The largest absolute Gasteiger partial charge is 0.486 e. The van der Waals surface area contributed by atoms with Gasteiger partial charge in [0.25, 0.3) is 0 Å². The van der Waals surface area contributed by atoms with Gasteiger partial charge in [0, 0.05) is 12.8 Å². The molecule has 0 radical (unpaired) electrons. The lowest BCUT2D eigenvalue weighted by atomic mass is 10.2. The van der Waals surface area contributed by atoms with E-state index in [1.54, 1.807) is 12.1 Å². The van der Waals surface area contributed by atoms with Crippen LogP contribution in [-0.4, -0.2) is 18.3 Å². The molecule has 0 heterocycles. The Morgan fingerprint density at radius 3 is 2.38 bits per heavy atom. The van der Waals surface area contributed by atoms with Crippen molar-refractivity contribution < 1.29 is 23.1 Å². The summed E-state index contributed by atoms with van der Waals surface area (Å²) in [7, 11) is 0. The first kappa shape index (κ1) is 17.6. The lowest BCUT2D eigenvalue weighted by molar-refractivity contribution is -0.124. The van der Waals surface area contributed by atoms with E-state index in [4.69, 9.17) is 4.74 Å². The van der Waals surface area contributed by atoms with Gasteiger partial charge in [0.15, 0.2) is 5.78 Å². The van der Waals surface area contributed by atoms with Crippen molar-refractivity contribution in [3.63, 3.8) is 0 Å². The highest BCUT2D eigenvalue weighted by Gasteiger charge is 2.13. The second-order valence-electron chi connectivity index (χ2n) is 5.29. The number of halogens is 2. The SMILES string of the molecule is Cc1cccc(OCC(=O)CCC(=O)Nc2c(F)cccc2F)c1. The minimum Gasteiger partial charge on any atom is -0.486 e. The quantitative estimate of drug-likeness (QED) is 0.842. The molecule has 0 atom stereocenters. The Hall–Kier alpha value is -2.76. The number of carbonyl (C=O) groups excluding carboxylic acids is 2. The summed E-state index contributed by atoms with van der Waals surface area (Å²) in [6, 6.07) is 10.5. The summed E-state index contributed by atoms with van der Waals surface area (Å²) in [4.78, 5) is 23.4. The Morgan fingerprint density at radius 1 is 1.04 bits per heavy atom. The van der Waals surface area contributed by atoms with Gasteiger partial charge in [-0.05, 0) is 36.8 Å². The second-order valence-corrected chi connectivity index (χ2v) is 5.29. The molecule has 0 aliphatic heterocycles. The van der Waals surface area contributed by atoms with Crippen LogP contribution in [0.3, 0.4) is 0 Å². The number of hydrogen-bond donors (Lipinski definition) is 1. The fourth-order valence-electron chi connectivity index (χ4n) is 2.01. The maximum Gasteiger partial charge on any atom is 0.224 e. The van der Waals surface area contributed by atoms with Gasteiger partial charge in [-0.1, -0.05) is 18.2 Å². The molecule has 0 aliphatic carbocycles. The van der Waals surface area contributed by atoms with Crippen molar-refractivity contribution in [2.45, 2.75) is 19.8 Å². The summed E-state index contributed by atoms with van der Waals surface area (Å²) in [5.74, 6) is -2.07. The zero-order chi connectivity index (χ0) is 17.5. The third-order valence-electron chi connectivity index (χ3n) is 3.25. The summed E-state index contributed by atoms with van der Waals surface area (Å²) in [5.41, 5.74) is 0.497. The number of nitrogens with one attached hydrogen (secondary N) is 1. The minimum absolute atomic E-state index is 0.0757. The first-order valence-electron chi connectivity index (χ1n) is 7.41. The predicted octanol–water partition coefficient (Wildman–Crippen LogP) is 3.64. The minimum atomic E-state index is -0.863. The Kier molecular flexibility index (Phi) is 6.01. The third kappa shape index (κ3) is 5.15. The summed E-state index contributed by atoms with van der Waals surface area (Å²) in [6.07, 6.45) is -0.252. The molecule has 4 nitrogen and oxygen atoms in total. The molecule has 0 fully saturated rings. The zero-order valence-corrected chi connectivity index (χ0v) is 13.1. The lowest BCUT2D eigenvalue weighted by Crippen LogP contribution is -2.18. The van der Waals surface area contributed by atoms with Gasteiger partial charge in [0.1, 0.15) is 29.7 Å². The number of ketones is 1. The van der Waals surface area contributed by atoms with Gasteiger partial charge in [-0.15, -0.1) is 0 Å². The number of para-hydroxylation sites is 1. The number of hydrogen-bond acceptors (Lipinski definition) is 3. The van der Waals surface area contributed by atoms with Crippen molar-refractivity contribution in [3.8, 4) is 5.75 Å². The van der Waals surface area contributed by atoms with Crippen molar-refractivity contribution >= 4 is 17.4 Å². The van der Waals surface area contributed by atoms with Crippen LogP contribution in [0.4, 0.5) is 14.5 Å². The highest BCUT2D eigenvalue weighted by atomic mass is 19.1. The average molecular weight is 333 g/mol. The molecule has 0 aliphatic rings. The molecule has 24 heavy (non-hydrogen) atoms. The lowest BCUT2D eigenvalue weighted by Gasteiger charge is -2.08. The fraction of sp³-hybridized carbons (Fsp3) is 0.222. The predicted molar refractivity (Wildman–Crippen MR) is 85.9 cm³/mol. The maximum absolute atomic E-state index is 13.4. The van der Waals surface area contributed by atoms with Crippen LogP contribution in [0.15, 0.2) is 42.5 Å². The van der Waals surface area contributed by atoms with Crippen LogP contribution >= 0.6 is 0 Å². The summed E-state index contributed by atoms with van der Waals surface area (Å²) in [5, 5.41) is 2.13. The molecule has 0 unspecified atom stereocenters. The molecular weight excluding hydrogens is 316 g/mol. The number of benzene rings is 2. The smallest absolute Gasteiger partial charge is 0.224 e. The van der Waals surface area contributed by atoms with Gasteiger partial charge in [-0.3, -0.25) is 9.59 Å². The van der Waals surface area contributed by atoms with E-state index in [1.165, 1.54) is 6.07 Å². The van der Waals surface area contributed by atoms with Crippen molar-refractivity contribution in [3.05, 3.63) is 59.7 Å². The number of aryl methyl sites for hydroxylation is 1. The van der Waals surface area contributed by atoms with E-state index in [9.17, 15) is 18.4 Å². The number of anilines is 1. The molecule has 0 aromatic heterocycles. The molecule has 0 bridgehead atoms. The van der Waals surface area contributed by atoms with Crippen molar-refractivity contribution in [1.82, 2.24) is 0 Å². The van der Waals surface area contributed by atoms with E-state index >= 15 is 0 Å². The normalized spacial score (nSPS) is 10.3. The second kappa shape index (κ2) is 8.19. The van der Waals surface area contributed by atoms with E-state index in [-0.39, 0.29) is 25.2 Å². The standard InChI is InChI=1S/C18H17F2NO3/c1-12-4-2-5-14(10-12)24-11-13(22)8-9-17(23)21-18-15(19)6-3-7-16(18)20/h2-7,10H,8-9,11H2,1H3,(H,21,23). The van der Waals surface area contributed by atoms with Crippen molar-refractivity contribution in [2.24, 2.45) is 0 Å². The molecule has 0 saturated heterocycles. The Bertz CT molecular complexity index is 727. The summed E-state index contributed by atoms with van der Waals surface area (Å²) < 4.78 is 32.2. The van der Waals surface area contributed by atoms with Crippen LogP contribution in [-0.2, 0) is 9.59 Å². The molecule has 1 amide bonds. The Labute approximate surface area is 138 Å². The number of ether oxygens (including phenoxy) is 1. The highest BCUT2D eigenvalue weighted by Crippen LogP contribution is 2.18. The van der Waals surface area contributed by atoms with Crippen LogP contribution in [0, 0.1) is 18.6 Å². The van der Waals surface area contributed by atoms with E-state index in [0.717, 1.165) is 17.7 Å². The van der Waals surface area contributed by atoms with Gasteiger partial charge in [-0.2, -0.15) is 0 Å². The van der Waals surface area contributed by atoms with Gasteiger partial charge >= 0.3 is 0 Å². The molecule has 0 spiro atoms. The van der Waals surface area contributed by atoms with Gasteiger partial charge in [0.05, 0.1) is 0 Å². The summed E-state index contributed by atoms with van der Waals surface area (Å²) >= 11 is 0. The van der Waals surface area contributed by atoms with Crippen LogP contribution < -0.4 is 10.1 Å². The number of rotatable bonds is 7. The van der Waals surface area contributed by atoms with Gasteiger partial charge < -0.3 is 10.1 Å². The van der Waals surface area contributed by atoms with E-state index < -0.39 is 23.2 Å². The number of Topliss-reactive ketones (excluding diaryl/α,β-unsaturated/α-hetero) is 1. The fourth-order valence-corrected chi connectivity index (χ4v) is 2.01. The summed E-state index contributed by atoms with van der Waals surface area (Å²) in [6.45, 7) is 1.74. The molecule has 0 saturated carbocycles. The zero-order valence-electron chi connectivity index (χ0n) is 13.1. The van der Waals surface area contributed by atoms with Gasteiger partial charge in [-0.25, -0.2) is 8.78 Å². The van der Waals surface area contributed by atoms with Crippen LogP contribution in [0.1, 0.15) is 18.4 Å². The molecule has 2 rings (SSSR count). The molecule has 6 heteroatoms. The van der Waals surface area contributed by atoms with E-state index in [1.807, 2.05) is 19.1 Å². The highest BCUT2D eigenvalue weighted by molar-refractivity contribution is 5.94.